The second kappa shape index (κ2) is 7.59. The summed E-state index contributed by atoms with van der Waals surface area (Å²) in [6, 6.07) is 13.3. The fourth-order valence-electron chi connectivity index (χ4n) is 2.53. The van der Waals surface area contributed by atoms with Gasteiger partial charge in [0, 0.05) is 26.2 Å². The van der Waals surface area contributed by atoms with Gasteiger partial charge in [0.1, 0.15) is 0 Å². The predicted octanol–water partition coefficient (Wildman–Crippen LogP) is 4.90. The number of nitrogens with one attached hydrogen (secondary N) is 1. The van der Waals surface area contributed by atoms with Gasteiger partial charge in [-0.1, -0.05) is 37.3 Å². The van der Waals surface area contributed by atoms with Crippen molar-refractivity contribution >= 4 is 17.3 Å². The monoisotopic (exact) mass is 350 g/mol. The maximum Gasteiger partial charge on any atom is 0.418 e. The molecule has 0 bridgehead atoms. The van der Waals surface area contributed by atoms with Crippen LogP contribution >= 0.6 is 0 Å². The van der Waals surface area contributed by atoms with Crippen molar-refractivity contribution in [2.45, 2.75) is 25.4 Å². The number of nitrogens with zero attached hydrogens (tertiary/aromatic N) is 1. The minimum Gasteiger partial charge on any atom is -0.378 e. The minimum atomic E-state index is -4.54. The van der Waals surface area contributed by atoms with E-state index in [2.05, 4.69) is 5.32 Å². The molecule has 1 unspecified atom stereocenters. The number of carbonyl (C=O) groups is 1. The van der Waals surface area contributed by atoms with Crippen molar-refractivity contribution in [1.29, 1.82) is 0 Å². The Bertz CT molecular complexity index is 727. The molecular weight excluding hydrogens is 329 g/mol. The number of hydrogen-bond donors (Lipinski definition) is 1. The highest BCUT2D eigenvalue weighted by Crippen LogP contribution is 2.37. The molecule has 1 N–H and O–H groups in total. The van der Waals surface area contributed by atoms with Crippen molar-refractivity contribution in [3.05, 3.63) is 59.7 Å². The third-order valence-corrected chi connectivity index (χ3v) is 3.96. The lowest BCUT2D eigenvalue weighted by atomic mass is 9.97. The van der Waals surface area contributed by atoms with Crippen LogP contribution < -0.4 is 10.2 Å². The molecular formula is C19H21F3N2O. The summed E-state index contributed by atoms with van der Waals surface area (Å²) in [5, 5.41) is 2.41. The zero-order valence-corrected chi connectivity index (χ0v) is 14.4. The lowest BCUT2D eigenvalue weighted by molar-refractivity contribution is -0.136. The zero-order chi connectivity index (χ0) is 18.6. The molecule has 3 nitrogen and oxygen atoms in total. The van der Waals surface area contributed by atoms with Crippen LogP contribution in [-0.4, -0.2) is 20.0 Å². The summed E-state index contributed by atoms with van der Waals surface area (Å²) < 4.78 is 39.9. The first-order valence-electron chi connectivity index (χ1n) is 7.92. The predicted molar refractivity (Wildman–Crippen MR) is 93.9 cm³/mol. The zero-order valence-electron chi connectivity index (χ0n) is 14.4. The molecule has 2 aromatic rings. The van der Waals surface area contributed by atoms with E-state index >= 15 is 0 Å². The summed E-state index contributed by atoms with van der Waals surface area (Å²) in [6.45, 7) is 1.87. The van der Waals surface area contributed by atoms with Crippen LogP contribution in [0.15, 0.2) is 48.5 Å². The average Bonchev–Trinajstić information content (AvgIpc) is 2.54. The largest absolute Gasteiger partial charge is 0.418 e. The summed E-state index contributed by atoms with van der Waals surface area (Å²) in [7, 11) is 3.32. The highest BCUT2D eigenvalue weighted by molar-refractivity contribution is 5.92. The van der Waals surface area contributed by atoms with Crippen molar-refractivity contribution < 1.29 is 18.0 Å². The Labute approximate surface area is 145 Å². The molecule has 0 saturated carbocycles. The van der Waals surface area contributed by atoms with E-state index in [0.29, 0.717) is 5.69 Å². The topological polar surface area (TPSA) is 32.3 Å². The number of rotatable bonds is 5. The van der Waals surface area contributed by atoms with E-state index in [1.807, 2.05) is 37.3 Å². The van der Waals surface area contributed by atoms with E-state index in [-0.39, 0.29) is 18.0 Å². The highest BCUT2D eigenvalue weighted by Gasteiger charge is 2.34. The molecule has 134 valence electrons. The Kier molecular flexibility index (Phi) is 5.72. The second-order valence-electron chi connectivity index (χ2n) is 6.19. The van der Waals surface area contributed by atoms with Crippen LogP contribution in [0.25, 0.3) is 0 Å². The average molecular weight is 350 g/mol. The number of amides is 1. The summed E-state index contributed by atoms with van der Waals surface area (Å²) in [5.41, 5.74) is 0.322. The maximum absolute atomic E-state index is 13.3. The van der Waals surface area contributed by atoms with Crippen molar-refractivity contribution in [3.63, 3.8) is 0 Å². The molecule has 0 aliphatic rings. The lowest BCUT2D eigenvalue weighted by Crippen LogP contribution is -2.19. The van der Waals surface area contributed by atoms with Gasteiger partial charge in [0.2, 0.25) is 5.91 Å². The third kappa shape index (κ3) is 4.98. The van der Waals surface area contributed by atoms with E-state index in [0.717, 1.165) is 11.6 Å². The van der Waals surface area contributed by atoms with Crippen LogP contribution in [0.4, 0.5) is 24.5 Å². The SMILES string of the molecule is CC(CC(=O)Nc1ccc(N(C)C)cc1C(F)(F)F)c1ccccc1. The molecule has 0 fully saturated rings. The van der Waals surface area contributed by atoms with Gasteiger partial charge >= 0.3 is 6.18 Å². The molecule has 25 heavy (non-hydrogen) atoms. The van der Waals surface area contributed by atoms with Gasteiger partial charge in [-0.15, -0.1) is 0 Å². The number of hydrogen-bond acceptors (Lipinski definition) is 2. The van der Waals surface area contributed by atoms with Gasteiger partial charge in [0.15, 0.2) is 0 Å². The number of alkyl halides is 3. The summed E-state index contributed by atoms with van der Waals surface area (Å²) >= 11 is 0. The molecule has 0 radical (unpaired) electrons. The first-order valence-corrected chi connectivity index (χ1v) is 7.92. The van der Waals surface area contributed by atoms with Crippen molar-refractivity contribution in [1.82, 2.24) is 0 Å². The molecule has 1 amide bonds. The van der Waals surface area contributed by atoms with Gasteiger partial charge in [-0.25, -0.2) is 0 Å². The van der Waals surface area contributed by atoms with Crippen LogP contribution in [0, 0.1) is 0 Å². The molecule has 2 aromatic carbocycles. The Morgan fingerprint density at radius 3 is 2.32 bits per heavy atom. The van der Waals surface area contributed by atoms with Crippen LogP contribution in [0.1, 0.15) is 30.4 Å². The van der Waals surface area contributed by atoms with Gasteiger partial charge in [-0.2, -0.15) is 13.2 Å². The molecule has 6 heteroatoms. The summed E-state index contributed by atoms with van der Waals surface area (Å²) in [5.74, 6) is -0.531. The third-order valence-electron chi connectivity index (χ3n) is 3.96. The Morgan fingerprint density at radius 1 is 1.12 bits per heavy atom. The molecule has 0 heterocycles. The molecule has 0 aliphatic carbocycles. The molecule has 1 atom stereocenters. The maximum atomic E-state index is 13.3. The lowest BCUT2D eigenvalue weighted by Gasteiger charge is -2.19. The van der Waals surface area contributed by atoms with Gasteiger partial charge < -0.3 is 10.2 Å². The van der Waals surface area contributed by atoms with Crippen molar-refractivity contribution in [3.8, 4) is 0 Å². The first kappa shape index (κ1) is 18.8. The fourth-order valence-corrected chi connectivity index (χ4v) is 2.53. The Balaban J connectivity index is 2.17. The van der Waals surface area contributed by atoms with E-state index in [9.17, 15) is 18.0 Å². The van der Waals surface area contributed by atoms with Gasteiger partial charge in [0.25, 0.3) is 0 Å². The van der Waals surface area contributed by atoms with Crippen LogP contribution in [-0.2, 0) is 11.0 Å². The van der Waals surface area contributed by atoms with Gasteiger partial charge in [-0.05, 0) is 29.7 Å². The fraction of sp³-hybridized carbons (Fsp3) is 0.316. The Morgan fingerprint density at radius 2 is 1.76 bits per heavy atom. The quantitative estimate of drug-likeness (QED) is 0.831. The summed E-state index contributed by atoms with van der Waals surface area (Å²) in [6.07, 6.45) is -4.43. The number of carbonyl (C=O) groups excluding carboxylic acids is 1. The van der Waals surface area contributed by atoms with Gasteiger partial charge in [-0.3, -0.25) is 4.79 Å². The van der Waals surface area contributed by atoms with E-state index < -0.39 is 17.6 Å². The van der Waals surface area contributed by atoms with Gasteiger partial charge in [0.05, 0.1) is 11.3 Å². The standard InChI is InChI=1S/C19H21F3N2O/c1-13(14-7-5-4-6-8-14)11-18(25)23-17-10-9-15(24(2)3)12-16(17)19(20,21)22/h4-10,12-13H,11H2,1-3H3,(H,23,25). The molecule has 0 aliphatic heterocycles. The molecule has 0 aromatic heterocycles. The normalized spacial score (nSPS) is 12.6. The van der Waals surface area contributed by atoms with Crippen LogP contribution in [0.5, 0.6) is 0 Å². The van der Waals surface area contributed by atoms with E-state index in [4.69, 9.17) is 0 Å². The summed E-state index contributed by atoms with van der Waals surface area (Å²) in [4.78, 5) is 13.8. The molecule has 2 rings (SSSR count). The van der Waals surface area contributed by atoms with Crippen molar-refractivity contribution in [2.75, 3.05) is 24.3 Å². The molecule has 0 spiro atoms. The second-order valence-corrected chi connectivity index (χ2v) is 6.19. The van der Waals surface area contributed by atoms with Crippen molar-refractivity contribution in [2.24, 2.45) is 0 Å². The number of halogens is 3. The van der Waals surface area contributed by atoms with E-state index in [1.54, 1.807) is 25.1 Å². The number of benzene rings is 2. The first-order chi connectivity index (χ1) is 11.7. The van der Waals surface area contributed by atoms with E-state index in [1.165, 1.54) is 6.07 Å². The minimum absolute atomic E-state index is 0.0865. The highest BCUT2D eigenvalue weighted by atomic mass is 19.4. The smallest absolute Gasteiger partial charge is 0.378 e. The van der Waals surface area contributed by atoms with Crippen LogP contribution in [0.2, 0.25) is 0 Å². The Hall–Kier alpha value is -2.50. The number of anilines is 2. The molecule has 0 saturated heterocycles. The van der Waals surface area contributed by atoms with Crippen LogP contribution in [0.3, 0.4) is 0 Å².